The maximum atomic E-state index is 11.0. The van der Waals surface area contributed by atoms with Gasteiger partial charge < -0.3 is 15.0 Å². The molecule has 0 bridgehead atoms. The van der Waals surface area contributed by atoms with Crippen LogP contribution in [0.1, 0.15) is 0 Å². The van der Waals surface area contributed by atoms with Gasteiger partial charge in [0.25, 0.3) is 0 Å². The summed E-state index contributed by atoms with van der Waals surface area (Å²) in [6.07, 6.45) is -0.589. The molecular weight excluding hydrogens is 250 g/mol. The molecule has 2 heterocycles. The van der Waals surface area contributed by atoms with E-state index in [0.717, 1.165) is 0 Å². The molecule has 0 amide bonds. The van der Waals surface area contributed by atoms with Gasteiger partial charge in [-0.2, -0.15) is 5.26 Å². The summed E-state index contributed by atoms with van der Waals surface area (Å²) in [6.45, 7) is 1.09. The van der Waals surface area contributed by atoms with Crippen molar-refractivity contribution in [2.75, 3.05) is 37.0 Å². The fourth-order valence-corrected chi connectivity index (χ4v) is 1.88. The number of nitrogens with one attached hydrogen (secondary N) is 1. The van der Waals surface area contributed by atoms with E-state index in [2.05, 4.69) is 10.3 Å². The van der Waals surface area contributed by atoms with E-state index in [1.165, 1.54) is 6.07 Å². The summed E-state index contributed by atoms with van der Waals surface area (Å²) >= 11 is 0. The van der Waals surface area contributed by atoms with Gasteiger partial charge in [0.1, 0.15) is 5.82 Å². The number of aromatic nitrogens is 1. The van der Waals surface area contributed by atoms with Gasteiger partial charge in [-0.05, 0) is 6.07 Å². The van der Waals surface area contributed by atoms with Crippen LogP contribution in [0.2, 0.25) is 0 Å². The molecule has 1 N–H and O–H groups in total. The summed E-state index contributed by atoms with van der Waals surface area (Å²) in [5, 5.41) is 22.7. The van der Waals surface area contributed by atoms with Crippen LogP contribution in [0.3, 0.4) is 0 Å². The average molecular weight is 263 g/mol. The lowest BCUT2D eigenvalue weighted by molar-refractivity contribution is -0.384. The van der Waals surface area contributed by atoms with Crippen LogP contribution in [0.5, 0.6) is 0 Å². The normalized spacial score (nSPS) is 18.7. The Balaban J connectivity index is 2.36. The number of nitro groups is 1. The van der Waals surface area contributed by atoms with Gasteiger partial charge in [-0.25, -0.2) is 4.98 Å². The number of hydrogen-bond donors (Lipinski definition) is 1. The maximum absolute atomic E-state index is 11.0. The quantitative estimate of drug-likeness (QED) is 0.634. The highest BCUT2D eigenvalue weighted by molar-refractivity contribution is 5.62. The molecule has 8 heteroatoms. The number of hydrogen-bond acceptors (Lipinski definition) is 7. The standard InChI is InChI=1S/C11H13N5O3/c1-13-10-3-2-9(16(17)18)11(14-10)15-4-5-19-8(6-12)7-15/h2-3,8H,4-5,7H2,1H3,(H,13,14). The van der Waals surface area contributed by atoms with Crippen molar-refractivity contribution in [2.24, 2.45) is 0 Å². The minimum Gasteiger partial charge on any atom is -0.373 e. The van der Waals surface area contributed by atoms with E-state index in [9.17, 15) is 10.1 Å². The first-order chi connectivity index (χ1) is 9.15. The Hall–Kier alpha value is -2.40. The maximum Gasteiger partial charge on any atom is 0.311 e. The molecular formula is C11H13N5O3. The molecule has 1 fully saturated rings. The highest BCUT2D eigenvalue weighted by Gasteiger charge is 2.27. The van der Waals surface area contributed by atoms with E-state index < -0.39 is 11.0 Å². The molecule has 2 rings (SSSR count). The Morgan fingerprint density at radius 3 is 3.11 bits per heavy atom. The topological polar surface area (TPSA) is 104 Å². The third-order valence-electron chi connectivity index (χ3n) is 2.82. The summed E-state index contributed by atoms with van der Waals surface area (Å²) in [4.78, 5) is 16.5. The van der Waals surface area contributed by atoms with E-state index in [1.54, 1.807) is 18.0 Å². The Kier molecular flexibility index (Phi) is 3.77. The molecule has 1 unspecified atom stereocenters. The van der Waals surface area contributed by atoms with Gasteiger partial charge in [0.05, 0.1) is 24.1 Å². The Labute approximate surface area is 109 Å². The van der Waals surface area contributed by atoms with Crippen LogP contribution in [-0.2, 0) is 4.74 Å². The van der Waals surface area contributed by atoms with Gasteiger partial charge in [-0.1, -0.05) is 0 Å². The van der Waals surface area contributed by atoms with Crippen LogP contribution in [0.4, 0.5) is 17.3 Å². The van der Waals surface area contributed by atoms with Crippen molar-refractivity contribution in [3.63, 3.8) is 0 Å². The first-order valence-corrected chi connectivity index (χ1v) is 5.75. The number of ether oxygens (including phenoxy) is 1. The predicted molar refractivity (Wildman–Crippen MR) is 68.0 cm³/mol. The lowest BCUT2D eigenvalue weighted by Gasteiger charge is -2.30. The summed E-state index contributed by atoms with van der Waals surface area (Å²) in [7, 11) is 1.69. The lowest BCUT2D eigenvalue weighted by atomic mass is 10.2. The van der Waals surface area contributed by atoms with Crippen molar-refractivity contribution in [3.8, 4) is 6.07 Å². The van der Waals surface area contributed by atoms with Crippen molar-refractivity contribution in [1.82, 2.24) is 4.98 Å². The molecule has 19 heavy (non-hydrogen) atoms. The van der Waals surface area contributed by atoms with E-state index in [-0.39, 0.29) is 18.1 Å². The molecule has 0 saturated carbocycles. The molecule has 1 saturated heterocycles. The van der Waals surface area contributed by atoms with Crippen molar-refractivity contribution < 1.29 is 9.66 Å². The third-order valence-corrected chi connectivity index (χ3v) is 2.82. The second-order valence-electron chi connectivity index (χ2n) is 3.98. The van der Waals surface area contributed by atoms with E-state index in [1.807, 2.05) is 6.07 Å². The zero-order valence-electron chi connectivity index (χ0n) is 10.4. The minimum absolute atomic E-state index is 0.0717. The van der Waals surface area contributed by atoms with Crippen molar-refractivity contribution in [3.05, 3.63) is 22.2 Å². The number of anilines is 2. The molecule has 0 aromatic carbocycles. The summed E-state index contributed by atoms with van der Waals surface area (Å²) in [5.74, 6) is 0.806. The monoisotopic (exact) mass is 263 g/mol. The van der Waals surface area contributed by atoms with Gasteiger partial charge in [0.15, 0.2) is 6.10 Å². The summed E-state index contributed by atoms with van der Waals surface area (Å²) in [6, 6.07) is 4.96. The summed E-state index contributed by atoms with van der Waals surface area (Å²) in [5.41, 5.74) is -0.0717. The van der Waals surface area contributed by atoms with Gasteiger partial charge in [-0.15, -0.1) is 0 Å². The molecule has 1 aliphatic heterocycles. The Bertz CT molecular complexity index is 528. The minimum atomic E-state index is -0.589. The zero-order chi connectivity index (χ0) is 13.8. The molecule has 0 aliphatic carbocycles. The molecule has 1 aromatic rings. The molecule has 1 aliphatic rings. The summed E-state index contributed by atoms with van der Waals surface area (Å²) < 4.78 is 5.22. The first-order valence-electron chi connectivity index (χ1n) is 5.75. The highest BCUT2D eigenvalue weighted by atomic mass is 16.6. The molecule has 0 radical (unpaired) electrons. The zero-order valence-corrected chi connectivity index (χ0v) is 10.4. The fraction of sp³-hybridized carbons (Fsp3) is 0.455. The number of rotatable bonds is 3. The Morgan fingerprint density at radius 1 is 1.68 bits per heavy atom. The van der Waals surface area contributed by atoms with Crippen LogP contribution in [0, 0.1) is 21.4 Å². The predicted octanol–water partition coefficient (Wildman–Crippen LogP) is 0.760. The molecule has 100 valence electrons. The number of nitriles is 1. The number of morpholine rings is 1. The lowest BCUT2D eigenvalue weighted by Crippen LogP contribution is -2.42. The van der Waals surface area contributed by atoms with Gasteiger partial charge in [0.2, 0.25) is 5.82 Å². The van der Waals surface area contributed by atoms with Crippen LogP contribution < -0.4 is 10.2 Å². The second-order valence-corrected chi connectivity index (χ2v) is 3.98. The van der Waals surface area contributed by atoms with Crippen LogP contribution in [0.25, 0.3) is 0 Å². The fourth-order valence-electron chi connectivity index (χ4n) is 1.88. The molecule has 1 atom stereocenters. The first kappa shape index (κ1) is 13.0. The van der Waals surface area contributed by atoms with Gasteiger partial charge in [0, 0.05) is 19.7 Å². The molecule has 1 aromatic heterocycles. The van der Waals surface area contributed by atoms with Gasteiger partial charge in [-0.3, -0.25) is 10.1 Å². The van der Waals surface area contributed by atoms with Crippen LogP contribution in [-0.4, -0.2) is 42.8 Å². The van der Waals surface area contributed by atoms with Gasteiger partial charge >= 0.3 is 5.69 Å². The number of pyridine rings is 1. The van der Waals surface area contributed by atoms with E-state index >= 15 is 0 Å². The van der Waals surface area contributed by atoms with E-state index in [0.29, 0.717) is 19.0 Å². The third kappa shape index (κ3) is 2.71. The van der Waals surface area contributed by atoms with Crippen molar-refractivity contribution in [1.29, 1.82) is 5.26 Å². The van der Waals surface area contributed by atoms with E-state index in [4.69, 9.17) is 10.00 Å². The number of nitrogens with zero attached hydrogens (tertiary/aromatic N) is 4. The smallest absolute Gasteiger partial charge is 0.311 e. The largest absolute Gasteiger partial charge is 0.373 e. The van der Waals surface area contributed by atoms with Crippen molar-refractivity contribution >= 4 is 17.3 Å². The van der Waals surface area contributed by atoms with Crippen LogP contribution in [0.15, 0.2) is 12.1 Å². The van der Waals surface area contributed by atoms with Crippen LogP contribution >= 0.6 is 0 Å². The SMILES string of the molecule is CNc1ccc([N+](=O)[O-])c(N2CCOC(C#N)C2)n1. The second kappa shape index (κ2) is 5.49. The molecule has 0 spiro atoms. The molecule has 8 nitrogen and oxygen atoms in total. The highest BCUT2D eigenvalue weighted by Crippen LogP contribution is 2.28. The average Bonchev–Trinajstić information content (AvgIpc) is 2.46. The Morgan fingerprint density at radius 2 is 2.47 bits per heavy atom. The van der Waals surface area contributed by atoms with Crippen molar-refractivity contribution in [2.45, 2.75) is 6.10 Å².